The Morgan fingerprint density at radius 3 is 2.56 bits per heavy atom. The summed E-state index contributed by atoms with van der Waals surface area (Å²) in [6, 6.07) is 4.50. The maximum Gasteiger partial charge on any atom is 0.293 e. The molecule has 2 atom stereocenters. The van der Waals surface area contributed by atoms with Crippen LogP contribution in [0.25, 0.3) is 0 Å². The predicted molar refractivity (Wildman–Crippen MR) is 98.7 cm³/mol. The van der Waals surface area contributed by atoms with Crippen LogP contribution in [0.5, 0.6) is 0 Å². The minimum atomic E-state index is -4.03. The van der Waals surface area contributed by atoms with Crippen molar-refractivity contribution in [1.29, 1.82) is 0 Å². The normalized spacial score (nSPS) is 24.4. The smallest absolute Gasteiger partial charge is 0.293 e. The lowest BCUT2D eigenvalue weighted by Gasteiger charge is -2.29. The lowest BCUT2D eigenvalue weighted by Crippen LogP contribution is -2.48. The van der Waals surface area contributed by atoms with E-state index in [9.17, 15) is 23.3 Å². The summed E-state index contributed by atoms with van der Waals surface area (Å²) in [5, 5.41) is 25.5. The zero-order valence-electron chi connectivity index (χ0n) is 14.7. The lowest BCUT2D eigenvalue weighted by atomic mass is 10.00. The second-order valence-corrected chi connectivity index (χ2v) is 8.59. The Hall–Kier alpha value is -2.24. The van der Waals surface area contributed by atoms with Crippen molar-refractivity contribution in [3.8, 4) is 0 Å². The largest absolute Gasteiger partial charge is 0.379 e. The lowest BCUT2D eigenvalue weighted by molar-refractivity contribution is -0.384. The molecule has 0 saturated carbocycles. The van der Waals surface area contributed by atoms with Crippen LogP contribution >= 0.6 is 0 Å². The van der Waals surface area contributed by atoms with E-state index < -0.39 is 20.6 Å². The number of carbonyl (C=O) groups excluding carboxylic acids is 1. The number of rotatable bonds is 7. The first-order valence-electron chi connectivity index (χ1n) is 8.83. The Balaban J connectivity index is 1.53. The fraction of sp³-hybridized carbons (Fsp3) is 0.562. The molecule has 2 aliphatic heterocycles. The number of fused-ring (bicyclic) bond motifs is 2. The highest BCUT2D eigenvalue weighted by molar-refractivity contribution is 7.89. The van der Waals surface area contributed by atoms with Crippen LogP contribution in [0.3, 0.4) is 0 Å². The third-order valence-electron chi connectivity index (χ3n) is 5.00. The first kappa shape index (κ1) is 19.5. The Labute approximate surface area is 157 Å². The van der Waals surface area contributed by atoms with Crippen LogP contribution in [0.1, 0.15) is 32.1 Å². The Morgan fingerprint density at radius 2 is 1.96 bits per heavy atom. The van der Waals surface area contributed by atoms with Gasteiger partial charge in [-0.2, -0.15) is 0 Å². The molecular formula is C16H23N5O5S. The molecule has 2 heterocycles. The minimum absolute atomic E-state index is 0.113. The maximum absolute atomic E-state index is 12.1. The van der Waals surface area contributed by atoms with Crippen molar-refractivity contribution in [2.75, 3.05) is 11.9 Å². The molecule has 2 bridgehead atoms. The summed E-state index contributed by atoms with van der Waals surface area (Å²) in [6.07, 6.45) is 4.31. The molecule has 0 radical (unpaired) electrons. The van der Waals surface area contributed by atoms with E-state index in [1.165, 1.54) is 12.1 Å². The molecule has 11 heteroatoms. The van der Waals surface area contributed by atoms with E-state index in [2.05, 4.69) is 16.0 Å². The summed E-state index contributed by atoms with van der Waals surface area (Å²) in [4.78, 5) is 22.3. The predicted octanol–water partition coefficient (Wildman–Crippen LogP) is 0.443. The summed E-state index contributed by atoms with van der Waals surface area (Å²) in [7, 11) is -4.03. The zero-order chi connectivity index (χ0) is 19.6. The quantitative estimate of drug-likeness (QED) is 0.384. The van der Waals surface area contributed by atoms with Crippen molar-refractivity contribution < 1.29 is 18.1 Å². The summed E-state index contributed by atoms with van der Waals surface area (Å²) < 4.78 is 22.7. The number of benzene rings is 1. The van der Waals surface area contributed by atoms with Gasteiger partial charge in [0.15, 0.2) is 0 Å². The van der Waals surface area contributed by atoms with Crippen molar-refractivity contribution in [3.63, 3.8) is 0 Å². The third kappa shape index (κ3) is 4.93. The van der Waals surface area contributed by atoms with Crippen molar-refractivity contribution in [2.24, 2.45) is 5.14 Å². The monoisotopic (exact) mass is 397 g/mol. The first-order valence-corrected chi connectivity index (χ1v) is 10.4. The number of piperidine rings is 1. The van der Waals surface area contributed by atoms with Crippen molar-refractivity contribution in [1.82, 2.24) is 10.6 Å². The molecule has 1 amide bonds. The fourth-order valence-corrected chi connectivity index (χ4v) is 4.31. The topological polar surface area (TPSA) is 156 Å². The second kappa shape index (κ2) is 7.79. The van der Waals surface area contributed by atoms with Crippen LogP contribution in [0.4, 0.5) is 11.4 Å². The third-order valence-corrected chi connectivity index (χ3v) is 5.91. The van der Waals surface area contributed by atoms with E-state index in [0.29, 0.717) is 12.1 Å². The van der Waals surface area contributed by atoms with Crippen LogP contribution in [-0.4, -0.2) is 43.9 Å². The number of nitro benzene ring substituents is 1. The standard InChI is InChI=1S/C16H23N5O5S/c17-27(25,26)13-3-4-14(15(9-13)21(23)24)18-6-5-16(22)20-12-7-10-1-2-11(8-12)19-10/h3-4,9-12,18-19H,1-2,5-8H2,(H,20,22)(H2,17,25,26). The molecule has 148 valence electrons. The van der Waals surface area contributed by atoms with Gasteiger partial charge in [0.1, 0.15) is 5.69 Å². The van der Waals surface area contributed by atoms with Gasteiger partial charge in [-0.05, 0) is 37.8 Å². The van der Waals surface area contributed by atoms with E-state index in [-0.39, 0.29) is 35.5 Å². The van der Waals surface area contributed by atoms with Gasteiger partial charge >= 0.3 is 0 Å². The molecule has 27 heavy (non-hydrogen) atoms. The van der Waals surface area contributed by atoms with Crippen LogP contribution in [0.15, 0.2) is 23.1 Å². The van der Waals surface area contributed by atoms with Crippen molar-refractivity contribution >= 4 is 27.3 Å². The highest BCUT2D eigenvalue weighted by Gasteiger charge is 2.33. The molecule has 0 aliphatic carbocycles. The summed E-state index contributed by atoms with van der Waals surface area (Å²) in [5.74, 6) is -0.113. The van der Waals surface area contributed by atoms with Gasteiger partial charge in [-0.25, -0.2) is 13.6 Å². The molecule has 1 aromatic carbocycles. The van der Waals surface area contributed by atoms with Gasteiger partial charge in [-0.1, -0.05) is 0 Å². The van der Waals surface area contributed by atoms with Crippen LogP contribution in [-0.2, 0) is 14.8 Å². The van der Waals surface area contributed by atoms with Gasteiger partial charge in [0.05, 0.1) is 9.82 Å². The molecule has 1 aromatic rings. The first-order chi connectivity index (χ1) is 12.7. The van der Waals surface area contributed by atoms with Crippen LogP contribution < -0.4 is 21.1 Å². The molecule has 0 aromatic heterocycles. The Kier molecular flexibility index (Phi) is 5.63. The summed E-state index contributed by atoms with van der Waals surface area (Å²) in [6.45, 7) is 0.194. The van der Waals surface area contributed by atoms with Crippen molar-refractivity contribution in [2.45, 2.75) is 55.1 Å². The highest BCUT2D eigenvalue weighted by atomic mass is 32.2. The molecule has 2 saturated heterocycles. The van der Waals surface area contributed by atoms with Crippen LogP contribution in [0, 0.1) is 10.1 Å². The maximum atomic E-state index is 12.1. The SMILES string of the molecule is NS(=O)(=O)c1ccc(NCCC(=O)NC2CC3CCC(C2)N3)c([N+](=O)[O-])c1. The molecular weight excluding hydrogens is 374 g/mol. The van der Waals surface area contributed by atoms with E-state index in [1.54, 1.807) is 0 Å². The summed E-state index contributed by atoms with van der Waals surface area (Å²) >= 11 is 0. The number of anilines is 1. The molecule has 10 nitrogen and oxygen atoms in total. The van der Waals surface area contributed by atoms with Gasteiger partial charge in [-0.3, -0.25) is 14.9 Å². The van der Waals surface area contributed by atoms with Crippen molar-refractivity contribution in [3.05, 3.63) is 28.3 Å². The minimum Gasteiger partial charge on any atom is -0.379 e. The number of hydrogen-bond acceptors (Lipinski definition) is 7. The van der Waals surface area contributed by atoms with E-state index in [1.807, 2.05) is 0 Å². The number of amides is 1. The van der Waals surface area contributed by atoms with Gasteiger partial charge in [0.2, 0.25) is 15.9 Å². The number of nitrogens with one attached hydrogen (secondary N) is 3. The van der Waals surface area contributed by atoms with Crippen LogP contribution in [0.2, 0.25) is 0 Å². The molecule has 2 unspecified atom stereocenters. The second-order valence-electron chi connectivity index (χ2n) is 7.03. The van der Waals surface area contributed by atoms with E-state index >= 15 is 0 Å². The number of primary sulfonamides is 1. The average molecular weight is 397 g/mol. The molecule has 2 aliphatic rings. The van der Waals surface area contributed by atoms with Gasteiger partial charge in [-0.15, -0.1) is 0 Å². The number of hydrogen-bond donors (Lipinski definition) is 4. The Bertz CT molecular complexity index is 832. The molecule has 2 fully saturated rings. The fourth-order valence-electron chi connectivity index (χ4n) is 3.77. The number of carbonyl (C=O) groups is 1. The van der Waals surface area contributed by atoms with Gasteiger partial charge in [0, 0.05) is 37.2 Å². The average Bonchev–Trinajstić information content (AvgIpc) is 2.92. The van der Waals surface area contributed by atoms with E-state index in [0.717, 1.165) is 31.7 Å². The van der Waals surface area contributed by atoms with Gasteiger partial charge in [0.25, 0.3) is 5.69 Å². The summed E-state index contributed by atoms with van der Waals surface area (Å²) in [5.41, 5.74) is -0.267. The molecule has 3 rings (SSSR count). The number of sulfonamides is 1. The molecule has 5 N–H and O–H groups in total. The Morgan fingerprint density at radius 1 is 1.30 bits per heavy atom. The molecule has 0 spiro atoms. The van der Waals surface area contributed by atoms with E-state index in [4.69, 9.17) is 5.14 Å². The highest BCUT2D eigenvalue weighted by Crippen LogP contribution is 2.28. The number of nitro groups is 1. The zero-order valence-corrected chi connectivity index (χ0v) is 15.5. The number of nitrogens with two attached hydrogens (primary N) is 1. The van der Waals surface area contributed by atoms with Gasteiger partial charge < -0.3 is 16.0 Å². The number of nitrogens with zero attached hydrogens (tertiary/aromatic N) is 1.